The highest BCUT2D eigenvalue weighted by Gasteiger charge is 2.09. The SMILES string of the molecule is N/C(=N/O)c1ccccc1OCC(=O)NCc1ccoc1. The number of amides is 1. The van der Waals surface area contributed by atoms with Crippen LogP contribution < -0.4 is 15.8 Å². The monoisotopic (exact) mass is 289 g/mol. The largest absolute Gasteiger partial charge is 0.483 e. The molecular formula is C14H15N3O4. The molecule has 1 heterocycles. The molecule has 0 aliphatic carbocycles. The minimum atomic E-state index is -0.287. The summed E-state index contributed by atoms with van der Waals surface area (Å²) in [7, 11) is 0. The number of oxime groups is 1. The van der Waals surface area contributed by atoms with Crippen LogP contribution in [0.5, 0.6) is 5.75 Å². The minimum absolute atomic E-state index is 0.0793. The summed E-state index contributed by atoms with van der Waals surface area (Å²) in [5.74, 6) is 0.00109. The first-order valence-electron chi connectivity index (χ1n) is 6.18. The van der Waals surface area contributed by atoms with Crippen molar-refractivity contribution in [3.05, 3.63) is 54.0 Å². The Morgan fingerprint density at radius 2 is 2.19 bits per heavy atom. The fourth-order valence-corrected chi connectivity index (χ4v) is 1.65. The lowest BCUT2D eigenvalue weighted by Crippen LogP contribution is -2.28. The van der Waals surface area contributed by atoms with E-state index in [4.69, 9.17) is 20.1 Å². The van der Waals surface area contributed by atoms with Crippen LogP contribution in [0.3, 0.4) is 0 Å². The number of nitrogens with zero attached hydrogens (tertiary/aromatic N) is 1. The van der Waals surface area contributed by atoms with Crippen LogP contribution in [-0.4, -0.2) is 23.6 Å². The maximum absolute atomic E-state index is 11.7. The molecule has 2 rings (SSSR count). The quantitative estimate of drug-likeness (QED) is 0.319. The predicted octanol–water partition coefficient (Wildman–Crippen LogP) is 1.07. The zero-order chi connectivity index (χ0) is 15.1. The number of hydrogen-bond donors (Lipinski definition) is 3. The summed E-state index contributed by atoms with van der Waals surface area (Å²) in [6.07, 6.45) is 3.08. The van der Waals surface area contributed by atoms with Crippen molar-refractivity contribution in [1.82, 2.24) is 5.32 Å². The maximum Gasteiger partial charge on any atom is 0.258 e. The van der Waals surface area contributed by atoms with E-state index in [1.165, 1.54) is 6.26 Å². The topological polar surface area (TPSA) is 110 Å². The molecular weight excluding hydrogens is 274 g/mol. The highest BCUT2D eigenvalue weighted by Crippen LogP contribution is 2.17. The van der Waals surface area contributed by atoms with Gasteiger partial charge in [0.15, 0.2) is 12.4 Å². The minimum Gasteiger partial charge on any atom is -0.483 e. The molecule has 1 aromatic carbocycles. The Labute approximate surface area is 121 Å². The number of nitrogens with two attached hydrogens (primary N) is 1. The van der Waals surface area contributed by atoms with Crippen LogP contribution >= 0.6 is 0 Å². The van der Waals surface area contributed by atoms with E-state index in [2.05, 4.69) is 10.5 Å². The standard InChI is InChI=1S/C14H15N3O4/c15-14(17-19)11-3-1-2-4-12(11)21-9-13(18)16-7-10-5-6-20-8-10/h1-6,8,19H,7,9H2,(H2,15,17)(H,16,18). The van der Waals surface area contributed by atoms with E-state index in [0.717, 1.165) is 5.56 Å². The summed E-state index contributed by atoms with van der Waals surface area (Å²) >= 11 is 0. The highest BCUT2D eigenvalue weighted by atomic mass is 16.5. The van der Waals surface area contributed by atoms with Crippen molar-refractivity contribution >= 4 is 11.7 Å². The number of amidine groups is 1. The number of ether oxygens (including phenoxy) is 1. The predicted molar refractivity (Wildman–Crippen MR) is 75.0 cm³/mol. The van der Waals surface area contributed by atoms with E-state index in [-0.39, 0.29) is 18.3 Å². The van der Waals surface area contributed by atoms with Crippen molar-refractivity contribution in [3.63, 3.8) is 0 Å². The summed E-state index contributed by atoms with van der Waals surface area (Å²) in [5.41, 5.74) is 6.81. The van der Waals surface area contributed by atoms with Crippen molar-refractivity contribution in [1.29, 1.82) is 0 Å². The fraction of sp³-hybridized carbons (Fsp3) is 0.143. The summed E-state index contributed by atoms with van der Waals surface area (Å²) in [6, 6.07) is 8.48. The molecule has 0 aliphatic rings. The van der Waals surface area contributed by atoms with Crippen LogP contribution in [0.4, 0.5) is 0 Å². The van der Waals surface area contributed by atoms with Crippen LogP contribution in [0.2, 0.25) is 0 Å². The van der Waals surface area contributed by atoms with Crippen LogP contribution in [0, 0.1) is 0 Å². The van der Waals surface area contributed by atoms with Gasteiger partial charge in [-0.15, -0.1) is 0 Å². The number of nitrogens with one attached hydrogen (secondary N) is 1. The molecule has 1 aromatic heterocycles. The van der Waals surface area contributed by atoms with E-state index >= 15 is 0 Å². The molecule has 21 heavy (non-hydrogen) atoms. The van der Waals surface area contributed by atoms with Gasteiger partial charge in [0.2, 0.25) is 0 Å². The van der Waals surface area contributed by atoms with Crippen molar-refractivity contribution in [2.24, 2.45) is 10.9 Å². The first kappa shape index (κ1) is 14.4. The molecule has 1 amide bonds. The molecule has 0 saturated carbocycles. The van der Waals surface area contributed by atoms with Gasteiger partial charge in [0.05, 0.1) is 18.1 Å². The van der Waals surface area contributed by atoms with Gasteiger partial charge < -0.3 is 25.4 Å². The van der Waals surface area contributed by atoms with Crippen molar-refractivity contribution in [2.75, 3.05) is 6.61 Å². The van der Waals surface area contributed by atoms with E-state index in [0.29, 0.717) is 17.9 Å². The maximum atomic E-state index is 11.7. The van der Waals surface area contributed by atoms with Gasteiger partial charge in [0.25, 0.3) is 5.91 Å². The Morgan fingerprint density at radius 1 is 1.38 bits per heavy atom. The molecule has 0 radical (unpaired) electrons. The average molecular weight is 289 g/mol. The normalized spacial score (nSPS) is 11.1. The molecule has 7 nitrogen and oxygen atoms in total. The zero-order valence-electron chi connectivity index (χ0n) is 11.2. The summed E-state index contributed by atoms with van der Waals surface area (Å²) in [5, 5.41) is 14.3. The van der Waals surface area contributed by atoms with E-state index in [9.17, 15) is 4.79 Å². The molecule has 7 heteroatoms. The Bertz CT molecular complexity index is 623. The van der Waals surface area contributed by atoms with Gasteiger partial charge in [-0.05, 0) is 18.2 Å². The molecule has 0 atom stereocenters. The van der Waals surface area contributed by atoms with Crippen molar-refractivity contribution in [3.8, 4) is 5.75 Å². The molecule has 0 saturated heterocycles. The number of benzene rings is 1. The average Bonchev–Trinajstić information content (AvgIpc) is 3.04. The Morgan fingerprint density at radius 3 is 2.90 bits per heavy atom. The molecule has 0 unspecified atom stereocenters. The van der Waals surface area contributed by atoms with E-state index < -0.39 is 0 Å². The third-order valence-corrected chi connectivity index (χ3v) is 2.70. The molecule has 0 aliphatic heterocycles. The Hall–Kier alpha value is -2.96. The Kier molecular flexibility index (Phi) is 4.81. The smallest absolute Gasteiger partial charge is 0.258 e. The number of carbonyl (C=O) groups is 1. The molecule has 4 N–H and O–H groups in total. The van der Waals surface area contributed by atoms with Gasteiger partial charge in [-0.2, -0.15) is 0 Å². The van der Waals surface area contributed by atoms with E-state index in [1.54, 1.807) is 36.6 Å². The highest BCUT2D eigenvalue weighted by molar-refractivity contribution is 5.99. The third-order valence-electron chi connectivity index (χ3n) is 2.70. The van der Waals surface area contributed by atoms with Crippen LogP contribution in [0.1, 0.15) is 11.1 Å². The number of carbonyl (C=O) groups excluding carboxylic acids is 1. The summed E-state index contributed by atoms with van der Waals surface area (Å²) in [6.45, 7) is 0.189. The summed E-state index contributed by atoms with van der Waals surface area (Å²) < 4.78 is 10.3. The van der Waals surface area contributed by atoms with Gasteiger partial charge in [-0.1, -0.05) is 17.3 Å². The van der Waals surface area contributed by atoms with Gasteiger partial charge in [-0.25, -0.2) is 0 Å². The van der Waals surface area contributed by atoms with Gasteiger partial charge in [0, 0.05) is 12.1 Å². The van der Waals surface area contributed by atoms with Gasteiger partial charge in [-0.3, -0.25) is 4.79 Å². The molecule has 0 spiro atoms. The van der Waals surface area contributed by atoms with E-state index in [1.807, 2.05) is 0 Å². The lowest BCUT2D eigenvalue weighted by Gasteiger charge is -2.10. The lowest BCUT2D eigenvalue weighted by atomic mass is 10.2. The molecule has 110 valence electrons. The molecule has 0 fully saturated rings. The number of hydrogen-bond acceptors (Lipinski definition) is 5. The summed E-state index contributed by atoms with van der Waals surface area (Å²) in [4.78, 5) is 11.7. The van der Waals surface area contributed by atoms with Crippen LogP contribution in [-0.2, 0) is 11.3 Å². The number of para-hydroxylation sites is 1. The fourth-order valence-electron chi connectivity index (χ4n) is 1.65. The van der Waals surface area contributed by atoms with Gasteiger partial charge >= 0.3 is 0 Å². The van der Waals surface area contributed by atoms with Gasteiger partial charge in [0.1, 0.15) is 5.75 Å². The van der Waals surface area contributed by atoms with Crippen LogP contribution in [0.25, 0.3) is 0 Å². The second-order valence-corrected chi connectivity index (χ2v) is 4.18. The van der Waals surface area contributed by atoms with Crippen molar-refractivity contribution in [2.45, 2.75) is 6.54 Å². The second-order valence-electron chi connectivity index (χ2n) is 4.18. The Balaban J connectivity index is 1.89. The first-order valence-corrected chi connectivity index (χ1v) is 6.18. The molecule has 2 aromatic rings. The number of rotatable bonds is 6. The lowest BCUT2D eigenvalue weighted by molar-refractivity contribution is -0.123. The van der Waals surface area contributed by atoms with Crippen molar-refractivity contribution < 1.29 is 19.2 Å². The zero-order valence-corrected chi connectivity index (χ0v) is 11.2. The second kappa shape index (κ2) is 6.99. The van der Waals surface area contributed by atoms with Crippen LogP contribution in [0.15, 0.2) is 52.4 Å². The first-order chi connectivity index (χ1) is 10.2. The number of furan rings is 1. The third kappa shape index (κ3) is 4.00. The molecule has 0 bridgehead atoms.